The normalized spacial score (nSPS) is 9.69. The van der Waals surface area contributed by atoms with Gasteiger partial charge in [-0.15, -0.1) is 0 Å². The molecule has 0 bridgehead atoms. The van der Waals surface area contributed by atoms with E-state index < -0.39 is 0 Å². The zero-order valence-corrected chi connectivity index (χ0v) is 8.80. The van der Waals surface area contributed by atoms with E-state index in [9.17, 15) is 4.79 Å². The quantitative estimate of drug-likeness (QED) is 0.875. The topological polar surface area (TPSA) is 52.3 Å². The summed E-state index contributed by atoms with van der Waals surface area (Å²) in [6.07, 6.45) is 0.197. The summed E-state index contributed by atoms with van der Waals surface area (Å²) in [5, 5.41) is 0. The van der Waals surface area contributed by atoms with E-state index in [0.717, 1.165) is 10.0 Å². The molecular formula is C9H10BrNO2. The Kier molecular flexibility index (Phi) is 3.31. The lowest BCUT2D eigenvalue weighted by atomic mass is 10.1. The molecule has 1 amide bonds. The molecule has 0 aromatic heterocycles. The van der Waals surface area contributed by atoms with Crippen LogP contribution in [0, 0.1) is 0 Å². The van der Waals surface area contributed by atoms with Crippen LogP contribution < -0.4 is 10.5 Å². The molecule has 0 unspecified atom stereocenters. The summed E-state index contributed by atoms with van der Waals surface area (Å²) >= 11 is 3.31. The van der Waals surface area contributed by atoms with Gasteiger partial charge in [0.1, 0.15) is 5.75 Å². The van der Waals surface area contributed by atoms with Gasteiger partial charge in [-0.05, 0) is 18.2 Å². The molecule has 3 nitrogen and oxygen atoms in total. The van der Waals surface area contributed by atoms with Crippen LogP contribution in [0.25, 0.3) is 0 Å². The molecule has 1 rings (SSSR count). The summed E-state index contributed by atoms with van der Waals surface area (Å²) in [6.45, 7) is 0. The Morgan fingerprint density at radius 3 is 2.85 bits per heavy atom. The van der Waals surface area contributed by atoms with Gasteiger partial charge in [0.2, 0.25) is 5.91 Å². The summed E-state index contributed by atoms with van der Waals surface area (Å²) in [5.74, 6) is 0.318. The van der Waals surface area contributed by atoms with Crippen LogP contribution in [0.15, 0.2) is 22.7 Å². The molecule has 0 aliphatic rings. The van der Waals surface area contributed by atoms with E-state index in [1.54, 1.807) is 13.2 Å². The summed E-state index contributed by atoms with van der Waals surface area (Å²) in [4.78, 5) is 10.7. The van der Waals surface area contributed by atoms with Gasteiger partial charge in [-0.3, -0.25) is 4.79 Å². The largest absolute Gasteiger partial charge is 0.496 e. The number of nitrogens with two attached hydrogens (primary N) is 1. The van der Waals surface area contributed by atoms with E-state index in [-0.39, 0.29) is 12.3 Å². The monoisotopic (exact) mass is 243 g/mol. The molecule has 1 aromatic rings. The lowest BCUT2D eigenvalue weighted by Crippen LogP contribution is -2.14. The van der Waals surface area contributed by atoms with Gasteiger partial charge in [-0.1, -0.05) is 15.9 Å². The van der Waals surface area contributed by atoms with Crippen LogP contribution in [0.2, 0.25) is 0 Å². The van der Waals surface area contributed by atoms with Gasteiger partial charge in [0.25, 0.3) is 0 Å². The van der Waals surface area contributed by atoms with E-state index in [1.807, 2.05) is 12.1 Å². The lowest BCUT2D eigenvalue weighted by molar-refractivity contribution is -0.117. The smallest absolute Gasteiger partial charge is 0.221 e. The fourth-order valence-electron chi connectivity index (χ4n) is 1.07. The van der Waals surface area contributed by atoms with Crippen molar-refractivity contribution in [2.45, 2.75) is 6.42 Å². The number of primary amides is 1. The molecule has 0 heterocycles. The second kappa shape index (κ2) is 4.28. The maximum absolute atomic E-state index is 10.7. The molecule has 0 radical (unpaired) electrons. The maximum Gasteiger partial charge on any atom is 0.221 e. The SMILES string of the molecule is COc1ccc(Br)cc1CC(N)=O. The highest BCUT2D eigenvalue weighted by atomic mass is 79.9. The van der Waals surface area contributed by atoms with Crippen LogP contribution in [-0.4, -0.2) is 13.0 Å². The molecule has 70 valence electrons. The van der Waals surface area contributed by atoms with Gasteiger partial charge in [0.05, 0.1) is 13.5 Å². The van der Waals surface area contributed by atoms with Gasteiger partial charge >= 0.3 is 0 Å². The minimum atomic E-state index is -0.364. The van der Waals surface area contributed by atoms with E-state index in [0.29, 0.717) is 5.75 Å². The average Bonchev–Trinajstić information content (AvgIpc) is 2.03. The van der Waals surface area contributed by atoms with Crippen molar-refractivity contribution < 1.29 is 9.53 Å². The number of carbonyl (C=O) groups is 1. The Balaban J connectivity index is 3.01. The van der Waals surface area contributed by atoms with E-state index in [2.05, 4.69) is 15.9 Å². The summed E-state index contributed by atoms with van der Waals surface area (Å²) in [7, 11) is 1.56. The first-order valence-electron chi connectivity index (χ1n) is 3.74. The number of halogens is 1. The molecule has 0 fully saturated rings. The fraction of sp³-hybridized carbons (Fsp3) is 0.222. The first kappa shape index (κ1) is 10.1. The number of hydrogen-bond acceptors (Lipinski definition) is 2. The Hall–Kier alpha value is -1.03. The minimum absolute atomic E-state index is 0.197. The average molecular weight is 244 g/mol. The predicted octanol–water partition coefficient (Wildman–Crippen LogP) is 1.49. The van der Waals surface area contributed by atoms with Crippen molar-refractivity contribution in [3.63, 3.8) is 0 Å². The third kappa shape index (κ3) is 2.73. The highest BCUT2D eigenvalue weighted by molar-refractivity contribution is 9.10. The third-order valence-electron chi connectivity index (χ3n) is 1.61. The van der Waals surface area contributed by atoms with Crippen LogP contribution in [0.1, 0.15) is 5.56 Å². The van der Waals surface area contributed by atoms with E-state index >= 15 is 0 Å². The van der Waals surface area contributed by atoms with E-state index in [4.69, 9.17) is 10.5 Å². The maximum atomic E-state index is 10.7. The van der Waals surface area contributed by atoms with Crippen LogP contribution in [0.5, 0.6) is 5.75 Å². The van der Waals surface area contributed by atoms with Crippen molar-refractivity contribution in [1.82, 2.24) is 0 Å². The van der Waals surface area contributed by atoms with Crippen LogP contribution in [-0.2, 0) is 11.2 Å². The van der Waals surface area contributed by atoms with Gasteiger partial charge in [-0.2, -0.15) is 0 Å². The van der Waals surface area contributed by atoms with Crippen LogP contribution in [0.3, 0.4) is 0 Å². The molecule has 1 aromatic carbocycles. The minimum Gasteiger partial charge on any atom is -0.496 e. The highest BCUT2D eigenvalue weighted by Gasteiger charge is 2.05. The Morgan fingerprint density at radius 2 is 2.31 bits per heavy atom. The molecule has 0 saturated carbocycles. The predicted molar refractivity (Wildman–Crippen MR) is 53.6 cm³/mol. The molecule has 4 heteroatoms. The Morgan fingerprint density at radius 1 is 1.62 bits per heavy atom. The number of benzene rings is 1. The number of carbonyl (C=O) groups excluding carboxylic acids is 1. The number of ether oxygens (including phenoxy) is 1. The van der Waals surface area contributed by atoms with Crippen molar-refractivity contribution in [2.24, 2.45) is 5.73 Å². The van der Waals surface area contributed by atoms with Crippen molar-refractivity contribution in [1.29, 1.82) is 0 Å². The number of hydrogen-bond donors (Lipinski definition) is 1. The first-order valence-corrected chi connectivity index (χ1v) is 4.53. The fourth-order valence-corrected chi connectivity index (χ4v) is 1.48. The second-order valence-electron chi connectivity index (χ2n) is 2.60. The Bertz CT molecular complexity index is 325. The zero-order valence-electron chi connectivity index (χ0n) is 7.21. The van der Waals surface area contributed by atoms with Crippen molar-refractivity contribution in [2.75, 3.05) is 7.11 Å². The van der Waals surface area contributed by atoms with Crippen molar-refractivity contribution in [3.8, 4) is 5.75 Å². The first-order chi connectivity index (χ1) is 6.13. The Labute approximate surface area is 85.0 Å². The van der Waals surface area contributed by atoms with Gasteiger partial charge in [-0.25, -0.2) is 0 Å². The molecule has 0 aliphatic heterocycles. The molecule has 0 spiro atoms. The molecule has 13 heavy (non-hydrogen) atoms. The molecule has 0 atom stereocenters. The standard InChI is InChI=1S/C9H10BrNO2/c1-13-8-3-2-7(10)4-6(8)5-9(11)12/h2-4H,5H2,1H3,(H2,11,12). The third-order valence-corrected chi connectivity index (χ3v) is 2.10. The van der Waals surface area contributed by atoms with E-state index in [1.165, 1.54) is 0 Å². The van der Waals surface area contributed by atoms with Gasteiger partial charge in [0, 0.05) is 10.0 Å². The van der Waals surface area contributed by atoms with Crippen LogP contribution >= 0.6 is 15.9 Å². The molecular weight excluding hydrogens is 234 g/mol. The molecule has 2 N–H and O–H groups in total. The van der Waals surface area contributed by atoms with Crippen molar-refractivity contribution in [3.05, 3.63) is 28.2 Å². The summed E-state index contributed by atoms with van der Waals surface area (Å²) in [6, 6.07) is 5.47. The second-order valence-corrected chi connectivity index (χ2v) is 3.51. The summed E-state index contributed by atoms with van der Waals surface area (Å²) in [5.41, 5.74) is 5.88. The van der Waals surface area contributed by atoms with Crippen molar-refractivity contribution >= 4 is 21.8 Å². The summed E-state index contributed by atoms with van der Waals surface area (Å²) < 4.78 is 5.98. The molecule has 0 saturated heterocycles. The van der Waals surface area contributed by atoms with Crippen LogP contribution in [0.4, 0.5) is 0 Å². The lowest BCUT2D eigenvalue weighted by Gasteiger charge is -2.06. The van der Waals surface area contributed by atoms with Gasteiger partial charge in [0.15, 0.2) is 0 Å². The number of methoxy groups -OCH3 is 1. The number of rotatable bonds is 3. The highest BCUT2D eigenvalue weighted by Crippen LogP contribution is 2.22. The van der Waals surface area contributed by atoms with Gasteiger partial charge < -0.3 is 10.5 Å². The number of amides is 1. The zero-order chi connectivity index (χ0) is 9.84. The molecule has 0 aliphatic carbocycles.